The van der Waals surface area contributed by atoms with E-state index in [1.54, 1.807) is 23.0 Å². The molecule has 4 rings (SSSR count). The molecule has 1 heterocycles. The summed E-state index contributed by atoms with van der Waals surface area (Å²) >= 11 is 7.63. The topological polar surface area (TPSA) is 51.2 Å². The van der Waals surface area contributed by atoms with Crippen LogP contribution in [-0.2, 0) is 11.0 Å². The molecule has 1 N–H and O–H groups in total. The smallest absolute Gasteiger partial charge is 0.154 e. The van der Waals surface area contributed by atoms with Crippen molar-refractivity contribution in [2.24, 2.45) is 5.92 Å². The summed E-state index contributed by atoms with van der Waals surface area (Å²) in [5.74, 6) is -0.289. The lowest BCUT2D eigenvalue weighted by Crippen LogP contribution is -2.17. The van der Waals surface area contributed by atoms with Crippen molar-refractivity contribution in [3.63, 3.8) is 0 Å². The highest BCUT2D eigenvalue weighted by molar-refractivity contribution is 7.86. The van der Waals surface area contributed by atoms with Gasteiger partial charge in [0.25, 0.3) is 0 Å². The summed E-state index contributed by atoms with van der Waals surface area (Å²) in [6.45, 7) is 0.307. The number of anilines is 1. The van der Waals surface area contributed by atoms with Gasteiger partial charge < -0.3 is 4.74 Å². The Kier molecular flexibility index (Phi) is 6.99. The van der Waals surface area contributed by atoms with Crippen LogP contribution in [0.15, 0.2) is 58.3 Å². The molecule has 2 unspecified atom stereocenters. The lowest BCUT2D eigenvalue weighted by atomic mass is 9.84. The molecule has 0 amide bonds. The van der Waals surface area contributed by atoms with Gasteiger partial charge in [-0.15, -0.1) is 11.3 Å². The molecule has 0 saturated carbocycles. The number of hydrogen-bond donors (Lipinski definition) is 1. The van der Waals surface area contributed by atoms with Gasteiger partial charge >= 0.3 is 0 Å². The fourth-order valence-corrected chi connectivity index (χ4v) is 5.19. The molecular weight excluding hydrogens is 462 g/mol. The molecule has 9 heteroatoms. The second-order valence-corrected chi connectivity index (χ2v) is 9.37. The standard InChI is InChI=1S/C22H19ClF2N2O2S2/c23-18-9-21(31(28)27-22-12-30-13-26-22)19(25)10-20(18)29-11-15-3-1-2-4-17(15)14-5-7-16(24)8-6-14/h4-10,12-13,15,27H,1-3,11H2. The lowest BCUT2D eigenvalue weighted by molar-refractivity contribution is 0.267. The van der Waals surface area contributed by atoms with E-state index in [4.69, 9.17) is 16.3 Å². The molecule has 2 aromatic carbocycles. The van der Waals surface area contributed by atoms with Crippen molar-refractivity contribution in [3.05, 3.63) is 75.6 Å². The first kappa shape index (κ1) is 21.9. The number of nitrogens with zero attached hydrogens (tertiary/aromatic N) is 1. The Morgan fingerprint density at radius 2 is 2.06 bits per heavy atom. The molecule has 1 aromatic heterocycles. The Hall–Kier alpha value is -2.29. The summed E-state index contributed by atoms with van der Waals surface area (Å²) in [6.07, 6.45) is 5.01. The minimum atomic E-state index is -1.84. The zero-order chi connectivity index (χ0) is 21.8. The van der Waals surface area contributed by atoms with Gasteiger partial charge in [-0.2, -0.15) is 0 Å². The molecule has 0 fully saturated rings. The average molecular weight is 481 g/mol. The van der Waals surface area contributed by atoms with E-state index in [1.807, 2.05) is 0 Å². The van der Waals surface area contributed by atoms with Crippen molar-refractivity contribution >= 4 is 45.3 Å². The number of nitrogens with one attached hydrogen (secondary N) is 1. The molecule has 31 heavy (non-hydrogen) atoms. The highest BCUT2D eigenvalue weighted by atomic mass is 35.5. The molecule has 0 radical (unpaired) electrons. The first-order chi connectivity index (χ1) is 15.0. The van der Waals surface area contributed by atoms with E-state index < -0.39 is 16.8 Å². The molecule has 0 spiro atoms. The van der Waals surface area contributed by atoms with E-state index in [1.165, 1.54) is 29.5 Å². The van der Waals surface area contributed by atoms with Crippen LogP contribution in [0.2, 0.25) is 5.02 Å². The molecule has 0 aliphatic heterocycles. The van der Waals surface area contributed by atoms with Crippen LogP contribution in [0.1, 0.15) is 24.8 Å². The maximum absolute atomic E-state index is 14.6. The number of hydrogen-bond acceptors (Lipinski definition) is 4. The minimum Gasteiger partial charge on any atom is -0.491 e. The van der Waals surface area contributed by atoms with Crippen molar-refractivity contribution < 1.29 is 17.7 Å². The van der Waals surface area contributed by atoms with E-state index >= 15 is 0 Å². The van der Waals surface area contributed by atoms with Crippen molar-refractivity contribution in [3.8, 4) is 5.75 Å². The Balaban J connectivity index is 1.47. The van der Waals surface area contributed by atoms with Crippen LogP contribution in [0, 0.1) is 17.6 Å². The van der Waals surface area contributed by atoms with Crippen LogP contribution in [-0.4, -0.2) is 15.8 Å². The van der Waals surface area contributed by atoms with Gasteiger partial charge in [-0.1, -0.05) is 29.8 Å². The minimum absolute atomic E-state index is 0.0742. The summed E-state index contributed by atoms with van der Waals surface area (Å²) in [4.78, 5) is 3.90. The van der Waals surface area contributed by atoms with Crippen LogP contribution < -0.4 is 9.46 Å². The van der Waals surface area contributed by atoms with Crippen molar-refractivity contribution in [2.45, 2.75) is 24.2 Å². The van der Waals surface area contributed by atoms with Crippen LogP contribution >= 0.6 is 22.9 Å². The van der Waals surface area contributed by atoms with Crippen LogP contribution in [0.3, 0.4) is 0 Å². The Morgan fingerprint density at radius 1 is 1.26 bits per heavy atom. The quantitative estimate of drug-likeness (QED) is 0.421. The zero-order valence-corrected chi connectivity index (χ0v) is 18.7. The molecule has 1 aliphatic rings. The molecule has 0 bridgehead atoms. The Bertz CT molecular complexity index is 1110. The third kappa shape index (κ3) is 5.31. The molecule has 2 atom stereocenters. The number of rotatable bonds is 7. The predicted molar refractivity (Wildman–Crippen MR) is 121 cm³/mol. The maximum Gasteiger partial charge on any atom is 0.154 e. The summed E-state index contributed by atoms with van der Waals surface area (Å²) in [6, 6.07) is 8.85. The fraction of sp³-hybridized carbons (Fsp3) is 0.227. The number of aromatic nitrogens is 1. The third-order valence-electron chi connectivity index (χ3n) is 4.99. The van der Waals surface area contributed by atoms with Gasteiger partial charge in [0, 0.05) is 17.4 Å². The summed E-state index contributed by atoms with van der Waals surface area (Å²) in [7, 11) is -1.84. The molecule has 4 nitrogen and oxygen atoms in total. The number of benzene rings is 2. The van der Waals surface area contributed by atoms with E-state index in [9.17, 15) is 13.0 Å². The molecule has 162 valence electrons. The van der Waals surface area contributed by atoms with Crippen LogP contribution in [0.25, 0.3) is 5.57 Å². The highest BCUT2D eigenvalue weighted by Gasteiger charge is 2.22. The average Bonchev–Trinajstić information content (AvgIpc) is 3.28. The maximum atomic E-state index is 14.6. The largest absolute Gasteiger partial charge is 0.491 e. The van der Waals surface area contributed by atoms with E-state index in [2.05, 4.69) is 15.8 Å². The molecular formula is C22H19ClF2N2O2S2. The van der Waals surface area contributed by atoms with Crippen molar-refractivity contribution in [2.75, 3.05) is 11.3 Å². The third-order valence-corrected chi connectivity index (χ3v) is 6.98. The predicted octanol–water partition coefficient (Wildman–Crippen LogP) is 6.47. The van der Waals surface area contributed by atoms with E-state index in [0.29, 0.717) is 12.4 Å². The highest BCUT2D eigenvalue weighted by Crippen LogP contribution is 2.35. The van der Waals surface area contributed by atoms with Gasteiger partial charge in [-0.05, 0) is 48.6 Å². The van der Waals surface area contributed by atoms with Gasteiger partial charge in [-0.3, -0.25) is 4.72 Å². The SMILES string of the molecule is O=S(Nc1cscn1)c1cc(Cl)c(OCC2CCCC=C2c2ccc(F)cc2)cc1F. The number of allylic oxidation sites excluding steroid dienone is 1. The summed E-state index contributed by atoms with van der Waals surface area (Å²) in [5.41, 5.74) is 3.62. The monoisotopic (exact) mass is 480 g/mol. The van der Waals surface area contributed by atoms with Crippen LogP contribution in [0.5, 0.6) is 5.75 Å². The molecule has 1 aliphatic carbocycles. The van der Waals surface area contributed by atoms with Crippen molar-refractivity contribution in [1.29, 1.82) is 0 Å². The van der Waals surface area contributed by atoms with Gasteiger partial charge in [-0.25, -0.2) is 18.0 Å². The lowest BCUT2D eigenvalue weighted by Gasteiger charge is -2.25. The molecule has 3 aromatic rings. The first-order valence-electron chi connectivity index (χ1n) is 9.65. The van der Waals surface area contributed by atoms with Crippen molar-refractivity contribution in [1.82, 2.24) is 4.98 Å². The van der Waals surface area contributed by atoms with Gasteiger partial charge in [0.15, 0.2) is 11.0 Å². The second-order valence-electron chi connectivity index (χ2n) is 7.06. The number of halogens is 3. The number of ether oxygens (including phenoxy) is 1. The Morgan fingerprint density at radius 3 is 2.81 bits per heavy atom. The normalized spacial score (nSPS) is 17.1. The zero-order valence-electron chi connectivity index (χ0n) is 16.3. The summed E-state index contributed by atoms with van der Waals surface area (Å²) in [5, 5.41) is 1.85. The summed E-state index contributed by atoms with van der Waals surface area (Å²) < 4.78 is 48.8. The van der Waals surface area contributed by atoms with Gasteiger partial charge in [0.05, 0.1) is 22.0 Å². The number of thiazole rings is 1. The second kappa shape index (κ2) is 9.89. The molecule has 0 saturated heterocycles. The Labute approximate surface area is 190 Å². The van der Waals surface area contributed by atoms with Crippen LogP contribution in [0.4, 0.5) is 14.6 Å². The fourth-order valence-electron chi connectivity index (χ4n) is 3.48. The van der Waals surface area contributed by atoms with E-state index in [-0.39, 0.29) is 27.4 Å². The van der Waals surface area contributed by atoms with E-state index in [0.717, 1.165) is 36.5 Å². The first-order valence-corrected chi connectivity index (χ1v) is 12.1. The van der Waals surface area contributed by atoms with Gasteiger partial charge in [0.2, 0.25) is 0 Å². The van der Waals surface area contributed by atoms with Gasteiger partial charge in [0.1, 0.15) is 23.2 Å².